The number of hydrogen-bond acceptors (Lipinski definition) is 4. The summed E-state index contributed by atoms with van der Waals surface area (Å²) in [6.45, 7) is 0. The van der Waals surface area contributed by atoms with Gasteiger partial charge in [-0.25, -0.2) is 0 Å². The average molecular weight is 192 g/mol. The molecule has 0 aromatic rings. The molecule has 1 saturated heterocycles. The largest absolute Gasteiger partial charge is 0.497 e. The summed E-state index contributed by atoms with van der Waals surface area (Å²) in [5, 5.41) is 15.1. The minimum atomic E-state index is 0.0167. The van der Waals surface area contributed by atoms with Crippen LogP contribution in [-0.2, 0) is 9.47 Å². The van der Waals surface area contributed by atoms with Crippen LogP contribution in [0.5, 0.6) is 0 Å². The van der Waals surface area contributed by atoms with Crippen molar-refractivity contribution in [3.8, 4) is 0 Å². The molecule has 0 amide bonds. The van der Waals surface area contributed by atoms with Crippen LogP contribution in [0.15, 0.2) is 23.7 Å². The van der Waals surface area contributed by atoms with Gasteiger partial charge in [0.1, 0.15) is 11.5 Å². The first kappa shape index (κ1) is 8.99. The molecule has 1 heterocycles. The number of nitrogens with one attached hydrogen (secondary N) is 2. The smallest absolute Gasteiger partial charge is 0.192 e. The molecule has 0 saturated carbocycles. The maximum Gasteiger partial charge on any atom is 0.192 e. The zero-order valence-electron chi connectivity index (χ0n) is 7.96. The quantitative estimate of drug-likeness (QED) is 0.665. The molecular formula is C10H12N2O2. The molecule has 2 N–H and O–H groups in total. The van der Waals surface area contributed by atoms with Crippen LogP contribution in [0.4, 0.5) is 0 Å². The third-order valence-corrected chi connectivity index (χ3v) is 2.43. The molecule has 74 valence electrons. The molecule has 4 heteroatoms. The predicted octanol–water partition coefficient (Wildman–Crippen LogP) is 1.84. The maximum absolute atomic E-state index is 7.74. The van der Waals surface area contributed by atoms with E-state index < -0.39 is 0 Å². The molecule has 1 atom stereocenters. The Morgan fingerprint density at radius 3 is 3.00 bits per heavy atom. The van der Waals surface area contributed by atoms with Crippen LogP contribution in [0.3, 0.4) is 0 Å². The van der Waals surface area contributed by atoms with E-state index in [9.17, 15) is 0 Å². The number of hydrogen-bond donors (Lipinski definition) is 2. The van der Waals surface area contributed by atoms with Crippen molar-refractivity contribution in [1.29, 1.82) is 10.8 Å². The SMILES string of the molecule is COC1=CCC2C(=N)CC(=N)OC2=C1. The Hall–Kier alpha value is -1.58. The fraction of sp³-hybridized carbons (Fsp3) is 0.400. The van der Waals surface area contributed by atoms with Crippen LogP contribution in [0.1, 0.15) is 12.8 Å². The Labute approximate surface area is 82.2 Å². The first-order valence-corrected chi connectivity index (χ1v) is 4.49. The standard InChI is InChI=1S/C10H12N2O2/c1-13-6-2-3-7-8(11)5-10(12)14-9(7)4-6/h2,4,7,11-12H,3,5H2,1H3. The monoisotopic (exact) mass is 192 g/mol. The van der Waals surface area contributed by atoms with Gasteiger partial charge in [-0.15, -0.1) is 0 Å². The van der Waals surface area contributed by atoms with Crippen LogP contribution >= 0.6 is 0 Å². The van der Waals surface area contributed by atoms with E-state index in [0.717, 1.165) is 12.2 Å². The Kier molecular flexibility index (Phi) is 2.11. The molecular weight excluding hydrogens is 180 g/mol. The van der Waals surface area contributed by atoms with E-state index in [1.54, 1.807) is 13.2 Å². The van der Waals surface area contributed by atoms with Crippen molar-refractivity contribution in [2.24, 2.45) is 5.92 Å². The van der Waals surface area contributed by atoms with Crippen molar-refractivity contribution in [3.05, 3.63) is 23.7 Å². The predicted molar refractivity (Wildman–Crippen MR) is 52.4 cm³/mol. The first-order valence-electron chi connectivity index (χ1n) is 4.49. The molecule has 1 aliphatic carbocycles. The summed E-state index contributed by atoms with van der Waals surface area (Å²) in [4.78, 5) is 0. The second-order valence-electron chi connectivity index (χ2n) is 3.37. The molecule has 0 bridgehead atoms. The van der Waals surface area contributed by atoms with E-state index in [1.165, 1.54) is 0 Å². The molecule has 2 rings (SSSR count). The van der Waals surface area contributed by atoms with Crippen LogP contribution in [0.2, 0.25) is 0 Å². The van der Waals surface area contributed by atoms with Gasteiger partial charge in [0.2, 0.25) is 0 Å². The van der Waals surface area contributed by atoms with E-state index in [2.05, 4.69) is 0 Å². The zero-order chi connectivity index (χ0) is 10.1. The lowest BCUT2D eigenvalue weighted by atomic mass is 9.89. The third-order valence-electron chi connectivity index (χ3n) is 2.43. The highest BCUT2D eigenvalue weighted by Crippen LogP contribution is 2.30. The van der Waals surface area contributed by atoms with Crippen LogP contribution < -0.4 is 0 Å². The molecule has 1 fully saturated rings. The van der Waals surface area contributed by atoms with Gasteiger partial charge in [0.05, 0.1) is 19.4 Å². The molecule has 1 unspecified atom stereocenters. The Morgan fingerprint density at radius 1 is 1.50 bits per heavy atom. The summed E-state index contributed by atoms with van der Waals surface area (Å²) < 4.78 is 10.3. The van der Waals surface area contributed by atoms with Gasteiger partial charge in [0, 0.05) is 11.8 Å². The van der Waals surface area contributed by atoms with Crippen LogP contribution in [-0.4, -0.2) is 18.7 Å². The minimum absolute atomic E-state index is 0.0167. The van der Waals surface area contributed by atoms with Crippen molar-refractivity contribution in [2.75, 3.05) is 7.11 Å². The van der Waals surface area contributed by atoms with Crippen molar-refractivity contribution in [2.45, 2.75) is 12.8 Å². The third kappa shape index (κ3) is 1.43. The fourth-order valence-corrected chi connectivity index (χ4v) is 1.68. The van der Waals surface area contributed by atoms with Gasteiger partial charge in [-0.3, -0.25) is 5.41 Å². The summed E-state index contributed by atoms with van der Waals surface area (Å²) in [7, 11) is 1.60. The van der Waals surface area contributed by atoms with E-state index >= 15 is 0 Å². The second kappa shape index (κ2) is 3.29. The van der Waals surface area contributed by atoms with Gasteiger partial charge in [-0.1, -0.05) is 0 Å². The van der Waals surface area contributed by atoms with E-state index in [4.69, 9.17) is 20.3 Å². The van der Waals surface area contributed by atoms with Crippen molar-refractivity contribution in [1.82, 2.24) is 0 Å². The normalized spacial score (nSPS) is 25.9. The van der Waals surface area contributed by atoms with Crippen molar-refractivity contribution >= 4 is 11.6 Å². The lowest BCUT2D eigenvalue weighted by Crippen LogP contribution is -2.29. The highest BCUT2D eigenvalue weighted by Gasteiger charge is 2.30. The van der Waals surface area contributed by atoms with Gasteiger partial charge in [0.15, 0.2) is 5.90 Å². The molecule has 0 aromatic heterocycles. The molecule has 0 spiro atoms. The Balaban J connectivity index is 2.27. The second-order valence-corrected chi connectivity index (χ2v) is 3.37. The number of methoxy groups -OCH3 is 1. The molecule has 0 aromatic carbocycles. The van der Waals surface area contributed by atoms with E-state index in [0.29, 0.717) is 17.9 Å². The van der Waals surface area contributed by atoms with Crippen LogP contribution in [0.25, 0.3) is 0 Å². The first-order chi connectivity index (χ1) is 6.70. The summed E-state index contributed by atoms with van der Waals surface area (Å²) in [6.07, 6.45) is 4.77. The molecule has 4 nitrogen and oxygen atoms in total. The highest BCUT2D eigenvalue weighted by molar-refractivity contribution is 6.03. The molecule has 2 aliphatic rings. The summed E-state index contributed by atoms with van der Waals surface area (Å²) >= 11 is 0. The summed E-state index contributed by atoms with van der Waals surface area (Å²) in [5.41, 5.74) is 0.555. The number of ether oxygens (including phenoxy) is 2. The number of allylic oxidation sites excluding steroid dienone is 3. The average Bonchev–Trinajstić information content (AvgIpc) is 2.16. The summed E-state index contributed by atoms with van der Waals surface area (Å²) in [6, 6.07) is 0. The van der Waals surface area contributed by atoms with Crippen LogP contribution in [0, 0.1) is 16.7 Å². The van der Waals surface area contributed by atoms with Gasteiger partial charge in [-0.05, 0) is 12.5 Å². The molecule has 0 radical (unpaired) electrons. The lowest BCUT2D eigenvalue weighted by molar-refractivity contribution is 0.283. The van der Waals surface area contributed by atoms with Crippen molar-refractivity contribution < 1.29 is 9.47 Å². The molecule has 1 aliphatic heterocycles. The summed E-state index contributed by atoms with van der Waals surface area (Å²) in [5.74, 6) is 1.59. The van der Waals surface area contributed by atoms with E-state index in [-0.39, 0.29) is 11.8 Å². The molecule has 14 heavy (non-hydrogen) atoms. The minimum Gasteiger partial charge on any atom is -0.497 e. The number of fused-ring (bicyclic) bond motifs is 1. The zero-order valence-corrected chi connectivity index (χ0v) is 7.96. The Morgan fingerprint density at radius 2 is 2.29 bits per heavy atom. The topological polar surface area (TPSA) is 66.2 Å². The van der Waals surface area contributed by atoms with Gasteiger partial charge in [-0.2, -0.15) is 0 Å². The fourth-order valence-electron chi connectivity index (χ4n) is 1.68. The lowest BCUT2D eigenvalue weighted by Gasteiger charge is -2.28. The maximum atomic E-state index is 7.74. The van der Waals surface area contributed by atoms with E-state index in [1.807, 2.05) is 6.08 Å². The van der Waals surface area contributed by atoms with Gasteiger partial charge in [0.25, 0.3) is 0 Å². The Bertz CT molecular complexity index is 355. The van der Waals surface area contributed by atoms with Gasteiger partial charge < -0.3 is 14.9 Å². The highest BCUT2D eigenvalue weighted by atomic mass is 16.5. The van der Waals surface area contributed by atoms with Crippen molar-refractivity contribution in [3.63, 3.8) is 0 Å². The number of rotatable bonds is 1. The van der Waals surface area contributed by atoms with Gasteiger partial charge >= 0.3 is 0 Å².